The molecule has 0 fully saturated rings. The molecule has 0 aliphatic carbocycles. The van der Waals surface area contributed by atoms with Crippen LogP contribution < -0.4 is 5.73 Å². The molecule has 1 aromatic rings. The number of esters is 1. The van der Waals surface area contributed by atoms with Gasteiger partial charge in [0, 0.05) is 12.2 Å². The predicted molar refractivity (Wildman–Crippen MR) is 69.2 cm³/mol. The maximum atomic E-state index is 11.5. The summed E-state index contributed by atoms with van der Waals surface area (Å²) < 4.78 is 4.90. The molecule has 0 bridgehead atoms. The smallest absolute Gasteiger partial charge is 0.310 e. The van der Waals surface area contributed by atoms with Gasteiger partial charge < -0.3 is 10.5 Å². The van der Waals surface area contributed by atoms with Crippen molar-refractivity contribution in [2.24, 2.45) is 11.7 Å². The van der Waals surface area contributed by atoms with Gasteiger partial charge >= 0.3 is 5.97 Å². The van der Waals surface area contributed by atoms with Crippen molar-refractivity contribution in [2.45, 2.75) is 19.9 Å². The van der Waals surface area contributed by atoms with Crippen LogP contribution in [0.4, 0.5) is 0 Å². The molecule has 17 heavy (non-hydrogen) atoms. The second kappa shape index (κ2) is 7.48. The van der Waals surface area contributed by atoms with E-state index in [4.69, 9.17) is 22.1 Å². The molecular weight excluding hydrogens is 263 g/mol. The molecule has 96 valence electrons. The molecule has 1 heterocycles. The molecule has 1 aromatic heterocycles. The summed E-state index contributed by atoms with van der Waals surface area (Å²) in [5, 5.41) is 0.403. The third-order valence-electron chi connectivity index (χ3n) is 2.33. The Bertz CT molecular complexity index is 357. The van der Waals surface area contributed by atoms with Crippen LogP contribution in [0.5, 0.6) is 0 Å². The highest BCUT2D eigenvalue weighted by Crippen LogP contribution is 2.20. The normalized spacial score (nSPS) is 13.4. The molecule has 1 rings (SSSR count). The van der Waals surface area contributed by atoms with Gasteiger partial charge in [0.1, 0.15) is 5.15 Å². The monoisotopic (exact) mass is 278 g/mol. The third kappa shape index (κ3) is 4.50. The molecule has 0 saturated carbocycles. The van der Waals surface area contributed by atoms with E-state index in [9.17, 15) is 4.79 Å². The summed E-state index contributed by atoms with van der Waals surface area (Å²) in [5.74, 6) is -0.701. The minimum atomic E-state index is -0.427. The summed E-state index contributed by atoms with van der Waals surface area (Å²) in [7, 11) is 0. The van der Waals surface area contributed by atoms with Crippen molar-refractivity contribution in [3.8, 4) is 0 Å². The Morgan fingerprint density at radius 2 is 2.24 bits per heavy atom. The van der Waals surface area contributed by atoms with Crippen LogP contribution in [0.3, 0.4) is 0 Å². The van der Waals surface area contributed by atoms with Gasteiger partial charge in [0.15, 0.2) is 0 Å². The summed E-state index contributed by atoms with van der Waals surface area (Å²) >= 11 is 5.66. The largest absolute Gasteiger partial charge is 0.466 e. The lowest BCUT2D eigenvalue weighted by molar-refractivity contribution is -0.148. The number of nitrogens with two attached hydrogens (primary N) is 1. The van der Waals surface area contributed by atoms with Gasteiger partial charge in [-0.3, -0.25) is 4.79 Å². The number of ether oxygens (including phenoxy) is 1. The number of pyridine rings is 1. The first-order valence-electron chi connectivity index (χ1n) is 5.10. The average molecular weight is 279 g/mol. The lowest BCUT2D eigenvalue weighted by Crippen LogP contribution is -2.27. The number of nitrogens with zero attached hydrogens (tertiary/aromatic N) is 1. The maximum Gasteiger partial charge on any atom is 0.310 e. The van der Waals surface area contributed by atoms with E-state index in [1.807, 2.05) is 0 Å². The topological polar surface area (TPSA) is 65.2 Å². The van der Waals surface area contributed by atoms with E-state index in [1.54, 1.807) is 32.2 Å². The number of aromatic nitrogens is 1. The zero-order chi connectivity index (χ0) is 12.1. The zero-order valence-corrected chi connectivity index (χ0v) is 11.3. The van der Waals surface area contributed by atoms with E-state index in [1.165, 1.54) is 0 Å². The van der Waals surface area contributed by atoms with Crippen molar-refractivity contribution in [1.82, 2.24) is 4.98 Å². The maximum absolute atomic E-state index is 11.5. The van der Waals surface area contributed by atoms with Gasteiger partial charge in [-0.15, -0.1) is 12.4 Å². The highest BCUT2D eigenvalue weighted by Gasteiger charge is 2.23. The van der Waals surface area contributed by atoms with Gasteiger partial charge in [0.25, 0.3) is 0 Å². The van der Waals surface area contributed by atoms with E-state index < -0.39 is 12.0 Å². The average Bonchev–Trinajstić information content (AvgIpc) is 2.28. The van der Waals surface area contributed by atoms with Crippen LogP contribution in [-0.4, -0.2) is 17.6 Å². The molecule has 2 atom stereocenters. The van der Waals surface area contributed by atoms with Crippen LogP contribution in [0.2, 0.25) is 5.15 Å². The molecule has 6 heteroatoms. The van der Waals surface area contributed by atoms with Crippen molar-refractivity contribution in [1.29, 1.82) is 0 Å². The van der Waals surface area contributed by atoms with Crippen LogP contribution >= 0.6 is 24.0 Å². The number of hydrogen-bond acceptors (Lipinski definition) is 4. The number of halogens is 2. The number of rotatable bonds is 4. The van der Waals surface area contributed by atoms with E-state index in [-0.39, 0.29) is 18.4 Å². The van der Waals surface area contributed by atoms with Crippen LogP contribution in [0, 0.1) is 5.92 Å². The predicted octanol–water partition coefficient (Wildman–Crippen LogP) is 2.36. The van der Waals surface area contributed by atoms with Crippen LogP contribution in [-0.2, 0) is 9.53 Å². The second-order valence-corrected chi connectivity index (χ2v) is 3.87. The minimum absolute atomic E-state index is 0. The Balaban J connectivity index is 0.00000256. The Kier molecular flexibility index (Phi) is 7.11. The molecule has 0 amide bonds. The molecule has 0 aliphatic rings. The van der Waals surface area contributed by atoms with Gasteiger partial charge in [-0.1, -0.05) is 24.6 Å². The first-order chi connectivity index (χ1) is 7.56. The van der Waals surface area contributed by atoms with Crippen molar-refractivity contribution in [2.75, 3.05) is 6.61 Å². The molecule has 2 N–H and O–H groups in total. The molecular formula is C11H16Cl2N2O2. The van der Waals surface area contributed by atoms with Crippen molar-refractivity contribution in [3.63, 3.8) is 0 Å². The van der Waals surface area contributed by atoms with Crippen LogP contribution in [0.1, 0.15) is 25.5 Å². The fraction of sp³-hybridized carbons (Fsp3) is 0.455. The molecule has 0 aromatic carbocycles. The first-order valence-corrected chi connectivity index (χ1v) is 5.47. The minimum Gasteiger partial charge on any atom is -0.466 e. The van der Waals surface area contributed by atoms with Crippen LogP contribution in [0.15, 0.2) is 18.3 Å². The summed E-state index contributed by atoms with van der Waals surface area (Å²) in [6.45, 7) is 3.85. The Morgan fingerprint density at radius 1 is 1.59 bits per heavy atom. The molecule has 0 aliphatic heterocycles. The standard InChI is InChI=1S/C11H15ClN2O2.ClH/c1-3-16-11(15)7(2)10(13)8-4-5-9(12)14-6-8;/h4-7,10H,3,13H2,1-2H3;1H. The number of hydrogen-bond donors (Lipinski definition) is 1. The highest BCUT2D eigenvalue weighted by molar-refractivity contribution is 6.29. The van der Waals surface area contributed by atoms with Crippen molar-refractivity contribution in [3.05, 3.63) is 29.0 Å². The van der Waals surface area contributed by atoms with Gasteiger partial charge in [-0.05, 0) is 18.6 Å². The van der Waals surface area contributed by atoms with Gasteiger partial charge in [0.05, 0.1) is 12.5 Å². The number of carbonyl (C=O) groups excluding carboxylic acids is 1. The zero-order valence-electron chi connectivity index (χ0n) is 9.72. The molecule has 4 nitrogen and oxygen atoms in total. The van der Waals surface area contributed by atoms with Crippen LogP contribution in [0.25, 0.3) is 0 Å². The molecule has 0 saturated heterocycles. The van der Waals surface area contributed by atoms with Gasteiger partial charge in [0.2, 0.25) is 0 Å². The van der Waals surface area contributed by atoms with E-state index in [0.717, 1.165) is 5.56 Å². The fourth-order valence-electron chi connectivity index (χ4n) is 1.29. The highest BCUT2D eigenvalue weighted by atomic mass is 35.5. The van der Waals surface area contributed by atoms with E-state index in [0.29, 0.717) is 11.8 Å². The summed E-state index contributed by atoms with van der Waals surface area (Å²) in [6, 6.07) is 2.98. The van der Waals surface area contributed by atoms with Crippen molar-refractivity contribution >= 4 is 30.0 Å². The fourth-order valence-corrected chi connectivity index (χ4v) is 1.41. The Hall–Kier alpha value is -0.840. The van der Waals surface area contributed by atoms with E-state index in [2.05, 4.69) is 4.98 Å². The number of carbonyl (C=O) groups is 1. The van der Waals surface area contributed by atoms with Crippen molar-refractivity contribution < 1.29 is 9.53 Å². The lowest BCUT2D eigenvalue weighted by atomic mass is 9.97. The SMILES string of the molecule is CCOC(=O)C(C)C(N)c1ccc(Cl)nc1.Cl. The molecule has 0 radical (unpaired) electrons. The Morgan fingerprint density at radius 3 is 2.71 bits per heavy atom. The quantitative estimate of drug-likeness (QED) is 0.678. The van der Waals surface area contributed by atoms with Gasteiger partial charge in [-0.2, -0.15) is 0 Å². The summed E-state index contributed by atoms with van der Waals surface area (Å²) in [5.41, 5.74) is 6.70. The summed E-state index contributed by atoms with van der Waals surface area (Å²) in [6.07, 6.45) is 1.57. The summed E-state index contributed by atoms with van der Waals surface area (Å²) in [4.78, 5) is 15.4. The first kappa shape index (κ1) is 16.2. The Labute approximate surface area is 112 Å². The molecule has 0 spiro atoms. The lowest BCUT2D eigenvalue weighted by Gasteiger charge is -2.18. The van der Waals surface area contributed by atoms with Gasteiger partial charge in [-0.25, -0.2) is 4.98 Å². The third-order valence-corrected chi connectivity index (χ3v) is 2.56. The second-order valence-electron chi connectivity index (χ2n) is 3.48. The molecule has 2 unspecified atom stereocenters. The van der Waals surface area contributed by atoms with E-state index >= 15 is 0 Å².